The number of nitrogens with zero attached hydrogens (tertiary/aromatic N) is 4. The Hall–Kier alpha value is -1.50. The van der Waals surface area contributed by atoms with Gasteiger partial charge in [-0.3, -0.25) is 0 Å². The quantitative estimate of drug-likeness (QED) is 0.729. The van der Waals surface area contributed by atoms with Crippen molar-refractivity contribution in [3.05, 3.63) is 28.2 Å². The highest BCUT2D eigenvalue weighted by Gasteiger charge is 2.53. The SMILES string of the molecule is CC1[C@H]2CN(c3nn4c(N)c(-c5cccc(Cl)c5Cl)nc4s3)C[C@@H]12. The lowest BCUT2D eigenvalue weighted by atomic mass is 10.1. The molecule has 0 bridgehead atoms. The van der Waals surface area contributed by atoms with Crippen molar-refractivity contribution in [3.8, 4) is 11.3 Å². The molecule has 2 fully saturated rings. The zero-order valence-electron chi connectivity index (χ0n) is 12.9. The summed E-state index contributed by atoms with van der Waals surface area (Å²) in [5, 5.41) is 6.62. The summed E-state index contributed by atoms with van der Waals surface area (Å²) in [6.07, 6.45) is 0. The molecule has 1 saturated carbocycles. The molecule has 8 heteroatoms. The number of anilines is 2. The summed E-state index contributed by atoms with van der Waals surface area (Å²) in [6, 6.07) is 5.46. The van der Waals surface area contributed by atoms with Gasteiger partial charge in [-0.15, -0.1) is 5.10 Å². The molecular weight excluding hydrogens is 365 g/mol. The largest absolute Gasteiger partial charge is 0.382 e. The smallest absolute Gasteiger partial charge is 0.216 e. The number of nitrogen functional groups attached to an aromatic ring is 1. The molecule has 3 heterocycles. The van der Waals surface area contributed by atoms with E-state index in [1.807, 2.05) is 12.1 Å². The molecule has 2 aromatic heterocycles. The summed E-state index contributed by atoms with van der Waals surface area (Å²) in [7, 11) is 0. The van der Waals surface area contributed by atoms with Crippen LogP contribution in [0.15, 0.2) is 18.2 Å². The van der Waals surface area contributed by atoms with Crippen LogP contribution in [0, 0.1) is 17.8 Å². The van der Waals surface area contributed by atoms with Gasteiger partial charge in [-0.05, 0) is 23.8 Å². The number of rotatable bonds is 2. The van der Waals surface area contributed by atoms with E-state index in [0.717, 1.165) is 46.5 Å². The summed E-state index contributed by atoms with van der Waals surface area (Å²) in [5.41, 5.74) is 7.65. The first-order chi connectivity index (χ1) is 11.5. The second-order valence-corrected chi connectivity index (χ2v) is 8.34. The summed E-state index contributed by atoms with van der Waals surface area (Å²) in [5.74, 6) is 3.03. The first-order valence-electron chi connectivity index (χ1n) is 7.89. The lowest BCUT2D eigenvalue weighted by Crippen LogP contribution is -2.23. The standard InChI is InChI=1S/C16H15Cl2N5S/c1-7-9-5-22(6-10(7)9)16-21-23-14(19)13(20-15(23)24-16)8-3-2-4-11(17)12(8)18/h2-4,7,9-10H,5-6,19H2,1H3/t7?,9-,10+. The Morgan fingerprint density at radius 3 is 2.71 bits per heavy atom. The van der Waals surface area contributed by atoms with E-state index in [1.165, 1.54) is 0 Å². The van der Waals surface area contributed by atoms with Gasteiger partial charge in [0.15, 0.2) is 5.82 Å². The van der Waals surface area contributed by atoms with Gasteiger partial charge in [0.25, 0.3) is 0 Å². The fourth-order valence-electron chi connectivity index (χ4n) is 3.75. The zero-order chi connectivity index (χ0) is 16.6. The van der Waals surface area contributed by atoms with Crippen LogP contribution >= 0.6 is 34.5 Å². The number of nitrogens with two attached hydrogens (primary N) is 1. The third kappa shape index (κ3) is 2.00. The van der Waals surface area contributed by atoms with E-state index in [4.69, 9.17) is 28.9 Å². The van der Waals surface area contributed by atoms with E-state index >= 15 is 0 Å². The first-order valence-corrected chi connectivity index (χ1v) is 9.46. The van der Waals surface area contributed by atoms with Crippen molar-refractivity contribution in [2.24, 2.45) is 17.8 Å². The van der Waals surface area contributed by atoms with Crippen LogP contribution in [0.1, 0.15) is 6.92 Å². The molecule has 0 spiro atoms. The monoisotopic (exact) mass is 379 g/mol. The lowest BCUT2D eigenvalue weighted by molar-refractivity contribution is 0.684. The number of halogens is 2. The highest BCUT2D eigenvalue weighted by atomic mass is 35.5. The van der Waals surface area contributed by atoms with Crippen LogP contribution in [0.4, 0.5) is 10.9 Å². The van der Waals surface area contributed by atoms with Gasteiger partial charge in [0.05, 0.1) is 10.0 Å². The average molecular weight is 380 g/mol. The maximum absolute atomic E-state index is 6.30. The minimum absolute atomic E-state index is 0.463. The maximum atomic E-state index is 6.30. The second-order valence-electron chi connectivity index (χ2n) is 6.62. The number of benzene rings is 1. The lowest BCUT2D eigenvalue weighted by Gasteiger charge is -2.16. The first kappa shape index (κ1) is 14.8. The van der Waals surface area contributed by atoms with Crippen LogP contribution in [0.25, 0.3) is 16.2 Å². The molecule has 5 nitrogen and oxygen atoms in total. The van der Waals surface area contributed by atoms with E-state index < -0.39 is 0 Å². The van der Waals surface area contributed by atoms with Crippen LogP contribution in [0.5, 0.6) is 0 Å². The van der Waals surface area contributed by atoms with Crippen molar-refractivity contribution < 1.29 is 0 Å². The summed E-state index contributed by atoms with van der Waals surface area (Å²) >= 11 is 14.0. The van der Waals surface area contributed by atoms with E-state index in [9.17, 15) is 0 Å². The van der Waals surface area contributed by atoms with Gasteiger partial charge in [0.1, 0.15) is 5.69 Å². The Balaban J connectivity index is 1.53. The molecule has 2 aliphatic rings. The average Bonchev–Trinajstić information content (AvgIpc) is 3.00. The van der Waals surface area contributed by atoms with E-state index in [2.05, 4.69) is 21.9 Å². The van der Waals surface area contributed by atoms with E-state index in [0.29, 0.717) is 21.6 Å². The Labute approximate surface area is 153 Å². The predicted octanol–water partition coefficient (Wildman–Crippen LogP) is 4.05. The molecule has 1 aliphatic heterocycles. The molecule has 1 unspecified atom stereocenters. The van der Waals surface area contributed by atoms with Crippen molar-refractivity contribution in [3.63, 3.8) is 0 Å². The van der Waals surface area contributed by atoms with Crippen molar-refractivity contribution in [1.29, 1.82) is 0 Å². The Bertz CT molecular complexity index is 953. The molecule has 0 amide bonds. The Morgan fingerprint density at radius 2 is 2.00 bits per heavy atom. The van der Waals surface area contributed by atoms with Crippen LogP contribution in [-0.4, -0.2) is 27.7 Å². The molecule has 1 aromatic carbocycles. The van der Waals surface area contributed by atoms with Crippen LogP contribution < -0.4 is 10.6 Å². The molecule has 3 atom stereocenters. The fourth-order valence-corrected chi connectivity index (χ4v) is 5.06. The van der Waals surface area contributed by atoms with Gasteiger partial charge >= 0.3 is 0 Å². The van der Waals surface area contributed by atoms with Crippen LogP contribution in [0.3, 0.4) is 0 Å². The normalized spacial score (nSPS) is 25.5. The number of hydrogen-bond donors (Lipinski definition) is 1. The summed E-state index contributed by atoms with van der Waals surface area (Å²) in [4.78, 5) is 7.77. The molecule has 2 N–H and O–H groups in total. The van der Waals surface area contributed by atoms with Gasteiger partial charge in [0.2, 0.25) is 10.1 Å². The Morgan fingerprint density at radius 1 is 1.25 bits per heavy atom. The minimum Gasteiger partial charge on any atom is -0.382 e. The van der Waals surface area contributed by atoms with Gasteiger partial charge in [-0.1, -0.05) is 53.6 Å². The maximum Gasteiger partial charge on any atom is 0.216 e. The van der Waals surface area contributed by atoms with Crippen LogP contribution in [-0.2, 0) is 0 Å². The highest BCUT2D eigenvalue weighted by Crippen LogP contribution is 2.52. The third-order valence-electron chi connectivity index (χ3n) is 5.33. The number of fused-ring (bicyclic) bond motifs is 2. The molecule has 1 aliphatic carbocycles. The predicted molar refractivity (Wildman–Crippen MR) is 99.1 cm³/mol. The van der Waals surface area contributed by atoms with Gasteiger partial charge in [-0.2, -0.15) is 4.52 Å². The second kappa shape index (κ2) is 5.00. The number of imidazole rings is 1. The van der Waals surface area contributed by atoms with Gasteiger partial charge in [0, 0.05) is 18.7 Å². The summed E-state index contributed by atoms with van der Waals surface area (Å²) < 4.78 is 1.71. The molecule has 1 saturated heterocycles. The number of hydrogen-bond acceptors (Lipinski definition) is 5. The Kier molecular flexibility index (Phi) is 3.09. The van der Waals surface area contributed by atoms with Gasteiger partial charge < -0.3 is 10.6 Å². The zero-order valence-corrected chi connectivity index (χ0v) is 15.2. The number of aromatic nitrogens is 3. The highest BCUT2D eigenvalue weighted by molar-refractivity contribution is 7.20. The molecule has 0 radical (unpaired) electrons. The van der Waals surface area contributed by atoms with Crippen molar-refractivity contribution in [2.75, 3.05) is 23.7 Å². The van der Waals surface area contributed by atoms with Crippen molar-refractivity contribution >= 4 is 50.4 Å². The summed E-state index contributed by atoms with van der Waals surface area (Å²) in [6.45, 7) is 4.52. The molecule has 24 heavy (non-hydrogen) atoms. The molecule has 3 aromatic rings. The topological polar surface area (TPSA) is 59.5 Å². The molecular formula is C16H15Cl2N5S. The van der Waals surface area contributed by atoms with E-state index in [-0.39, 0.29) is 0 Å². The van der Waals surface area contributed by atoms with Crippen molar-refractivity contribution in [2.45, 2.75) is 6.92 Å². The van der Waals surface area contributed by atoms with Crippen molar-refractivity contribution in [1.82, 2.24) is 14.6 Å². The molecule has 124 valence electrons. The minimum atomic E-state index is 0.463. The third-order valence-corrected chi connectivity index (χ3v) is 7.12. The fraction of sp³-hybridized carbons (Fsp3) is 0.375. The number of piperidine rings is 1. The van der Waals surface area contributed by atoms with Crippen LogP contribution in [0.2, 0.25) is 10.0 Å². The van der Waals surface area contributed by atoms with E-state index in [1.54, 1.807) is 21.9 Å². The molecule has 5 rings (SSSR count). The van der Waals surface area contributed by atoms with Gasteiger partial charge in [-0.25, -0.2) is 4.98 Å².